The molecule has 0 aliphatic carbocycles. The molecule has 0 aliphatic rings. The number of aromatic nitrogens is 1. The van der Waals surface area contributed by atoms with Crippen molar-refractivity contribution in [2.75, 3.05) is 31.6 Å². The van der Waals surface area contributed by atoms with Crippen LogP contribution >= 0.6 is 24.0 Å². The monoisotopic (exact) mass is 477 g/mol. The lowest BCUT2D eigenvalue weighted by Crippen LogP contribution is -2.40. The number of halogens is 1. The standard InChI is InChI=1S/C18H31N5O2.HI/c1-5-20-18(21-11-9-16(14(3)4)25-6-2)22-13-17(24)23-15-8-7-10-19-12-15;/h7-8,10,12,14,16H,5-6,9,11,13H2,1-4H3,(H,23,24)(H2,20,21,22);1H. The quantitative estimate of drug-likeness (QED) is 0.274. The van der Waals surface area contributed by atoms with Crippen molar-refractivity contribution in [3.05, 3.63) is 24.5 Å². The molecule has 1 aromatic rings. The maximum atomic E-state index is 12.0. The fourth-order valence-electron chi connectivity index (χ4n) is 2.29. The first kappa shape index (κ1) is 24.6. The van der Waals surface area contributed by atoms with E-state index < -0.39 is 0 Å². The summed E-state index contributed by atoms with van der Waals surface area (Å²) in [5.74, 6) is 0.911. The lowest BCUT2D eigenvalue weighted by Gasteiger charge is -2.21. The topological polar surface area (TPSA) is 87.6 Å². The molecule has 0 saturated carbocycles. The molecule has 1 amide bonds. The Labute approximate surface area is 173 Å². The third-order valence-corrected chi connectivity index (χ3v) is 3.52. The van der Waals surface area contributed by atoms with Gasteiger partial charge in [0.2, 0.25) is 5.91 Å². The first-order valence-corrected chi connectivity index (χ1v) is 8.90. The summed E-state index contributed by atoms with van der Waals surface area (Å²) >= 11 is 0. The number of nitrogens with one attached hydrogen (secondary N) is 3. The second kappa shape index (κ2) is 14.7. The molecule has 1 rings (SSSR count). The maximum Gasteiger partial charge on any atom is 0.246 e. The Balaban J connectivity index is 0.00000625. The molecular formula is C18H32IN5O2. The first-order chi connectivity index (χ1) is 12.1. The zero-order valence-electron chi connectivity index (χ0n) is 16.1. The molecule has 3 N–H and O–H groups in total. The maximum absolute atomic E-state index is 12.0. The normalized spacial score (nSPS) is 12.3. The predicted octanol–water partition coefficient (Wildman–Crippen LogP) is 2.64. The van der Waals surface area contributed by atoms with Gasteiger partial charge in [0.15, 0.2) is 5.96 Å². The molecule has 1 heterocycles. The number of carbonyl (C=O) groups is 1. The van der Waals surface area contributed by atoms with Crippen molar-refractivity contribution >= 4 is 41.5 Å². The number of nitrogens with zero attached hydrogens (tertiary/aromatic N) is 2. The van der Waals surface area contributed by atoms with Crippen LogP contribution in [0.1, 0.15) is 34.1 Å². The van der Waals surface area contributed by atoms with Crippen molar-refractivity contribution in [3.63, 3.8) is 0 Å². The van der Waals surface area contributed by atoms with Gasteiger partial charge < -0.3 is 20.7 Å². The molecule has 1 aromatic heterocycles. The number of ether oxygens (including phenoxy) is 1. The molecule has 0 spiro atoms. The van der Waals surface area contributed by atoms with Gasteiger partial charge in [0.1, 0.15) is 6.54 Å². The molecule has 0 radical (unpaired) electrons. The number of rotatable bonds is 10. The van der Waals surface area contributed by atoms with Crippen molar-refractivity contribution in [1.82, 2.24) is 15.6 Å². The van der Waals surface area contributed by atoms with Crippen molar-refractivity contribution in [3.8, 4) is 0 Å². The number of anilines is 1. The van der Waals surface area contributed by atoms with Gasteiger partial charge in [-0.05, 0) is 38.3 Å². The molecule has 1 unspecified atom stereocenters. The van der Waals surface area contributed by atoms with Gasteiger partial charge in [0.05, 0.1) is 18.0 Å². The first-order valence-electron chi connectivity index (χ1n) is 8.90. The van der Waals surface area contributed by atoms with Crippen molar-refractivity contribution in [2.45, 2.75) is 40.2 Å². The highest BCUT2D eigenvalue weighted by molar-refractivity contribution is 14.0. The van der Waals surface area contributed by atoms with E-state index in [2.05, 4.69) is 39.8 Å². The summed E-state index contributed by atoms with van der Waals surface area (Å²) in [4.78, 5) is 20.2. The van der Waals surface area contributed by atoms with E-state index in [-0.39, 0.29) is 42.5 Å². The van der Waals surface area contributed by atoms with Crippen LogP contribution < -0.4 is 16.0 Å². The molecule has 148 valence electrons. The number of hydrogen-bond acceptors (Lipinski definition) is 4. The summed E-state index contributed by atoms with van der Waals surface area (Å²) in [7, 11) is 0. The van der Waals surface area contributed by atoms with Crippen molar-refractivity contribution < 1.29 is 9.53 Å². The van der Waals surface area contributed by atoms with E-state index in [1.807, 2.05) is 13.8 Å². The minimum atomic E-state index is -0.181. The third-order valence-electron chi connectivity index (χ3n) is 3.52. The van der Waals surface area contributed by atoms with Gasteiger partial charge in [-0.25, -0.2) is 4.99 Å². The van der Waals surface area contributed by atoms with Crippen LogP contribution in [0.15, 0.2) is 29.5 Å². The highest BCUT2D eigenvalue weighted by Gasteiger charge is 2.13. The Morgan fingerprint density at radius 3 is 2.65 bits per heavy atom. The zero-order chi connectivity index (χ0) is 18.5. The second-order valence-electron chi connectivity index (χ2n) is 5.94. The molecule has 0 fully saturated rings. The van der Waals surface area contributed by atoms with E-state index in [1.54, 1.807) is 24.5 Å². The summed E-state index contributed by atoms with van der Waals surface area (Å²) in [6.45, 7) is 10.5. The number of hydrogen-bond donors (Lipinski definition) is 3. The predicted molar refractivity (Wildman–Crippen MR) is 117 cm³/mol. The molecule has 0 aromatic carbocycles. The van der Waals surface area contributed by atoms with Crippen LogP contribution in [0.3, 0.4) is 0 Å². The van der Waals surface area contributed by atoms with Crippen LogP contribution in [0.2, 0.25) is 0 Å². The SMILES string of the molecule is CCNC(=NCC(=O)Nc1cccnc1)NCCC(OCC)C(C)C.I. The van der Waals surface area contributed by atoms with E-state index in [0.717, 1.165) is 19.5 Å². The number of carbonyl (C=O) groups excluding carboxylic acids is 1. The zero-order valence-corrected chi connectivity index (χ0v) is 18.4. The van der Waals surface area contributed by atoms with Gasteiger partial charge in [0, 0.05) is 25.9 Å². The number of aliphatic imine (C=N–C) groups is 1. The second-order valence-corrected chi connectivity index (χ2v) is 5.94. The molecule has 8 heteroatoms. The van der Waals surface area contributed by atoms with E-state index in [9.17, 15) is 4.79 Å². The van der Waals surface area contributed by atoms with Crippen molar-refractivity contribution in [1.29, 1.82) is 0 Å². The Hall–Kier alpha value is -1.42. The molecule has 0 bridgehead atoms. The fraction of sp³-hybridized carbons (Fsp3) is 0.611. The fourth-order valence-corrected chi connectivity index (χ4v) is 2.29. The van der Waals surface area contributed by atoms with Gasteiger partial charge in [-0.15, -0.1) is 24.0 Å². The largest absolute Gasteiger partial charge is 0.378 e. The highest BCUT2D eigenvalue weighted by atomic mass is 127. The van der Waals surface area contributed by atoms with Crippen LogP contribution in [-0.2, 0) is 9.53 Å². The van der Waals surface area contributed by atoms with E-state index in [1.165, 1.54) is 0 Å². The number of guanidine groups is 1. The average Bonchev–Trinajstić information content (AvgIpc) is 2.59. The minimum absolute atomic E-state index is 0. The van der Waals surface area contributed by atoms with Crippen LogP contribution in [0.5, 0.6) is 0 Å². The van der Waals surface area contributed by atoms with Gasteiger partial charge in [-0.1, -0.05) is 13.8 Å². The molecule has 0 saturated heterocycles. The average molecular weight is 477 g/mol. The van der Waals surface area contributed by atoms with Crippen molar-refractivity contribution in [2.24, 2.45) is 10.9 Å². The molecule has 0 aliphatic heterocycles. The van der Waals surface area contributed by atoms with Gasteiger partial charge in [0.25, 0.3) is 0 Å². The summed E-state index contributed by atoms with van der Waals surface area (Å²) in [6.07, 6.45) is 4.37. The summed E-state index contributed by atoms with van der Waals surface area (Å²) in [5.41, 5.74) is 0.664. The highest BCUT2D eigenvalue weighted by Crippen LogP contribution is 2.09. The molecular weight excluding hydrogens is 445 g/mol. The number of pyridine rings is 1. The Morgan fingerprint density at radius 2 is 2.08 bits per heavy atom. The number of amides is 1. The molecule has 26 heavy (non-hydrogen) atoms. The van der Waals surface area contributed by atoms with E-state index in [0.29, 0.717) is 24.2 Å². The van der Waals surface area contributed by atoms with E-state index >= 15 is 0 Å². The van der Waals surface area contributed by atoms with Gasteiger partial charge in [-0.2, -0.15) is 0 Å². The van der Waals surface area contributed by atoms with Crippen LogP contribution in [0.4, 0.5) is 5.69 Å². The van der Waals surface area contributed by atoms with Crippen LogP contribution in [-0.4, -0.2) is 49.2 Å². The van der Waals surface area contributed by atoms with Gasteiger partial charge >= 0.3 is 0 Å². The van der Waals surface area contributed by atoms with Crippen LogP contribution in [0, 0.1) is 5.92 Å². The Bertz CT molecular complexity index is 526. The lowest BCUT2D eigenvalue weighted by atomic mass is 10.0. The summed E-state index contributed by atoms with van der Waals surface area (Å²) < 4.78 is 5.74. The summed E-state index contributed by atoms with van der Waals surface area (Å²) in [5, 5.41) is 9.15. The molecule has 1 atom stereocenters. The Kier molecular flexibility index (Phi) is 13.9. The molecule has 7 nitrogen and oxygen atoms in total. The smallest absolute Gasteiger partial charge is 0.246 e. The lowest BCUT2D eigenvalue weighted by molar-refractivity contribution is -0.114. The van der Waals surface area contributed by atoms with E-state index in [4.69, 9.17) is 4.74 Å². The van der Waals surface area contributed by atoms with Gasteiger partial charge in [-0.3, -0.25) is 9.78 Å². The minimum Gasteiger partial charge on any atom is -0.378 e. The van der Waals surface area contributed by atoms with Crippen LogP contribution in [0.25, 0.3) is 0 Å². The summed E-state index contributed by atoms with van der Waals surface area (Å²) in [6, 6.07) is 3.56. The Morgan fingerprint density at radius 1 is 1.31 bits per heavy atom. The third kappa shape index (κ3) is 10.5.